The van der Waals surface area contributed by atoms with E-state index in [0.717, 1.165) is 5.90 Å². The van der Waals surface area contributed by atoms with Gasteiger partial charge in [-0.2, -0.15) is 0 Å². The van der Waals surface area contributed by atoms with Crippen molar-refractivity contribution in [1.29, 1.82) is 0 Å². The molecule has 2 aliphatic rings. The molecule has 0 bridgehead atoms. The van der Waals surface area contributed by atoms with Gasteiger partial charge in [0.25, 0.3) is 0 Å². The van der Waals surface area contributed by atoms with Crippen molar-refractivity contribution >= 4 is 18.3 Å². The highest BCUT2D eigenvalue weighted by Gasteiger charge is 2.17. The quantitative estimate of drug-likeness (QED) is 0.517. The average molecular weight is 163 g/mol. The normalized spacial score (nSPS) is 26.7. The molecular weight excluding hydrogens is 154 g/mol. The molecule has 2 aliphatic heterocycles. The molecule has 0 aromatic heterocycles. The molecule has 0 amide bonds. The van der Waals surface area contributed by atoms with Gasteiger partial charge in [-0.25, -0.2) is 4.99 Å². The van der Waals surface area contributed by atoms with Gasteiger partial charge in [-0.1, -0.05) is 0 Å². The van der Waals surface area contributed by atoms with E-state index in [4.69, 9.17) is 4.74 Å². The van der Waals surface area contributed by atoms with Gasteiger partial charge < -0.3 is 4.74 Å². The van der Waals surface area contributed by atoms with Crippen molar-refractivity contribution in [2.24, 2.45) is 20.9 Å². The Morgan fingerprint density at radius 2 is 2.42 bits per heavy atom. The van der Waals surface area contributed by atoms with Crippen LogP contribution in [0, 0.1) is 5.92 Å². The Bertz CT molecular complexity index is 278. The molecule has 2 rings (SSSR count). The summed E-state index contributed by atoms with van der Waals surface area (Å²) in [5, 5.41) is 0. The second-order valence-electron chi connectivity index (χ2n) is 2.54. The Hall–Kier alpha value is -1.45. The van der Waals surface area contributed by atoms with Crippen molar-refractivity contribution in [3.63, 3.8) is 0 Å². The molecule has 1 unspecified atom stereocenters. The van der Waals surface area contributed by atoms with Crippen molar-refractivity contribution in [3.05, 3.63) is 12.3 Å². The van der Waals surface area contributed by atoms with Gasteiger partial charge in [0.15, 0.2) is 0 Å². The summed E-state index contributed by atoms with van der Waals surface area (Å²) in [4.78, 5) is 12.3. The topological polar surface area (TPSA) is 46.3 Å². The van der Waals surface area contributed by atoms with Crippen molar-refractivity contribution in [2.75, 3.05) is 13.2 Å². The van der Waals surface area contributed by atoms with Crippen LogP contribution in [0.25, 0.3) is 0 Å². The van der Waals surface area contributed by atoms with Gasteiger partial charge in [-0.3, -0.25) is 9.98 Å². The number of nitrogens with zero attached hydrogens (tertiary/aromatic N) is 3. The molecule has 0 fully saturated rings. The molecule has 12 heavy (non-hydrogen) atoms. The number of aliphatic imine (C=N–C) groups is 3. The van der Waals surface area contributed by atoms with Crippen LogP contribution in [-0.2, 0) is 4.74 Å². The first kappa shape index (κ1) is 7.21. The molecule has 0 radical (unpaired) electrons. The van der Waals surface area contributed by atoms with Crippen LogP contribution in [-0.4, -0.2) is 31.5 Å². The zero-order valence-electron chi connectivity index (χ0n) is 6.55. The minimum Gasteiger partial charge on any atom is -0.450 e. The predicted molar refractivity (Wildman–Crippen MR) is 47.9 cm³/mol. The second kappa shape index (κ2) is 3.30. The maximum atomic E-state index is 5.27. The Morgan fingerprint density at radius 1 is 1.42 bits per heavy atom. The van der Waals surface area contributed by atoms with Crippen LogP contribution in [0.3, 0.4) is 0 Å². The van der Waals surface area contributed by atoms with Crippen LogP contribution in [0.5, 0.6) is 0 Å². The molecule has 62 valence electrons. The molecule has 0 saturated heterocycles. The highest BCUT2D eigenvalue weighted by atomic mass is 16.5. The zero-order valence-corrected chi connectivity index (χ0v) is 6.55. The molecule has 0 spiro atoms. The van der Waals surface area contributed by atoms with E-state index in [9.17, 15) is 0 Å². The van der Waals surface area contributed by atoms with E-state index in [2.05, 4.69) is 15.0 Å². The number of allylic oxidation sites excluding steroid dienone is 1. The summed E-state index contributed by atoms with van der Waals surface area (Å²) in [6, 6.07) is 0. The molecule has 0 aliphatic carbocycles. The predicted octanol–water partition coefficient (Wildman–Crippen LogP) is 0.658. The minimum absolute atomic E-state index is 0.125. The third-order valence-electron chi connectivity index (χ3n) is 1.67. The standard InChI is InChI=1S/C8H9N3O/c1-2-9-4-7-5-10-6-11-8(7)12-3-1/h1-3,5,7H,4,6H2. The summed E-state index contributed by atoms with van der Waals surface area (Å²) in [6.45, 7) is 1.15. The van der Waals surface area contributed by atoms with Gasteiger partial charge in [0.2, 0.25) is 5.90 Å². The van der Waals surface area contributed by atoms with Gasteiger partial charge in [0.1, 0.15) is 6.67 Å². The lowest BCUT2D eigenvalue weighted by Gasteiger charge is -2.15. The van der Waals surface area contributed by atoms with Gasteiger partial charge in [0.05, 0.1) is 18.7 Å². The number of hydrogen-bond donors (Lipinski definition) is 0. The van der Waals surface area contributed by atoms with Crippen LogP contribution < -0.4 is 0 Å². The Kier molecular flexibility index (Phi) is 1.98. The highest BCUT2D eigenvalue weighted by Crippen LogP contribution is 2.06. The largest absolute Gasteiger partial charge is 0.450 e. The third-order valence-corrected chi connectivity index (χ3v) is 1.67. The third kappa shape index (κ3) is 1.42. The first-order chi connectivity index (χ1) is 5.97. The fourth-order valence-electron chi connectivity index (χ4n) is 1.10. The van der Waals surface area contributed by atoms with E-state index in [1.165, 1.54) is 0 Å². The summed E-state index contributed by atoms with van der Waals surface area (Å²) >= 11 is 0. The molecule has 0 aromatic rings. The summed E-state index contributed by atoms with van der Waals surface area (Å²) in [7, 11) is 0. The zero-order chi connectivity index (χ0) is 8.23. The van der Waals surface area contributed by atoms with Gasteiger partial charge >= 0.3 is 0 Å². The summed E-state index contributed by atoms with van der Waals surface area (Å²) in [6.07, 6.45) is 6.91. The monoisotopic (exact) mass is 163 g/mol. The maximum absolute atomic E-state index is 5.27. The smallest absolute Gasteiger partial charge is 0.201 e. The van der Waals surface area contributed by atoms with Gasteiger partial charge in [-0.15, -0.1) is 0 Å². The van der Waals surface area contributed by atoms with E-state index >= 15 is 0 Å². The highest BCUT2D eigenvalue weighted by molar-refractivity contribution is 5.95. The SMILES string of the molecule is C1=COC2=NCN=CC2CN=C1. The molecule has 0 N–H and O–H groups in total. The Balaban J connectivity index is 2.18. The number of rotatable bonds is 0. The molecule has 4 nitrogen and oxygen atoms in total. The van der Waals surface area contributed by atoms with Crippen LogP contribution in [0.2, 0.25) is 0 Å². The fraction of sp³-hybridized carbons (Fsp3) is 0.375. The van der Waals surface area contributed by atoms with E-state index in [1.807, 2.05) is 6.21 Å². The number of hydrogen-bond acceptors (Lipinski definition) is 4. The van der Waals surface area contributed by atoms with Crippen molar-refractivity contribution in [3.8, 4) is 0 Å². The maximum Gasteiger partial charge on any atom is 0.201 e. The first-order valence-corrected chi connectivity index (χ1v) is 3.83. The summed E-state index contributed by atoms with van der Waals surface area (Å²) < 4.78 is 5.27. The summed E-state index contributed by atoms with van der Waals surface area (Å²) in [5.41, 5.74) is 0. The summed E-state index contributed by atoms with van der Waals surface area (Å²) in [5.74, 6) is 0.845. The molecule has 2 heterocycles. The van der Waals surface area contributed by atoms with E-state index in [1.54, 1.807) is 18.6 Å². The van der Waals surface area contributed by atoms with Crippen LogP contribution in [0.1, 0.15) is 0 Å². The minimum atomic E-state index is 0.125. The lowest BCUT2D eigenvalue weighted by molar-refractivity contribution is 0.439. The fourth-order valence-corrected chi connectivity index (χ4v) is 1.10. The first-order valence-electron chi connectivity index (χ1n) is 3.83. The van der Waals surface area contributed by atoms with Crippen molar-refractivity contribution in [1.82, 2.24) is 0 Å². The molecular formula is C8H9N3O. The van der Waals surface area contributed by atoms with Crippen LogP contribution in [0.15, 0.2) is 27.3 Å². The van der Waals surface area contributed by atoms with Crippen molar-refractivity contribution < 1.29 is 4.74 Å². The molecule has 4 heteroatoms. The second-order valence-corrected chi connectivity index (χ2v) is 2.54. The van der Waals surface area contributed by atoms with E-state index in [0.29, 0.717) is 13.2 Å². The number of ether oxygens (including phenoxy) is 1. The van der Waals surface area contributed by atoms with Crippen LogP contribution in [0.4, 0.5) is 0 Å². The molecule has 0 saturated carbocycles. The van der Waals surface area contributed by atoms with Gasteiger partial charge in [0, 0.05) is 12.4 Å². The molecule has 1 atom stereocenters. The lowest BCUT2D eigenvalue weighted by atomic mass is 10.1. The average Bonchev–Trinajstić information content (AvgIpc) is 2.06. The lowest BCUT2D eigenvalue weighted by Crippen LogP contribution is -2.24. The molecule has 0 aromatic carbocycles. The van der Waals surface area contributed by atoms with Crippen molar-refractivity contribution in [2.45, 2.75) is 0 Å². The van der Waals surface area contributed by atoms with Gasteiger partial charge in [-0.05, 0) is 6.08 Å². The number of fused-ring (bicyclic) bond motifs is 1. The van der Waals surface area contributed by atoms with Crippen LogP contribution >= 0.6 is 0 Å². The van der Waals surface area contributed by atoms with E-state index in [-0.39, 0.29) is 5.92 Å². The Labute approximate surface area is 70.4 Å². The Morgan fingerprint density at radius 3 is 3.42 bits per heavy atom. The van der Waals surface area contributed by atoms with E-state index < -0.39 is 0 Å².